The van der Waals surface area contributed by atoms with Gasteiger partial charge in [0.05, 0.1) is 12.1 Å². The lowest BCUT2D eigenvalue weighted by Crippen LogP contribution is -2.46. The molecule has 2 aromatic carbocycles. The summed E-state index contributed by atoms with van der Waals surface area (Å²) in [5.41, 5.74) is 1.85. The van der Waals surface area contributed by atoms with Crippen molar-refractivity contribution in [3.63, 3.8) is 0 Å². The lowest BCUT2D eigenvalue weighted by molar-refractivity contribution is 0.0438. The van der Waals surface area contributed by atoms with Crippen LogP contribution < -0.4 is 15.2 Å². The van der Waals surface area contributed by atoms with E-state index in [2.05, 4.69) is 46.4 Å². The molecule has 8 nitrogen and oxygen atoms in total. The van der Waals surface area contributed by atoms with E-state index in [-0.39, 0.29) is 5.56 Å². The summed E-state index contributed by atoms with van der Waals surface area (Å²) in [6.45, 7) is 10.6. The Balaban J connectivity index is 0.996. The van der Waals surface area contributed by atoms with Gasteiger partial charge in [-0.25, -0.2) is 4.79 Å². The molecule has 1 fully saturated rings. The smallest absolute Gasteiger partial charge is 0.411 e. The van der Waals surface area contributed by atoms with Gasteiger partial charge in [0.15, 0.2) is 6.23 Å². The molecule has 0 saturated carbocycles. The van der Waals surface area contributed by atoms with Gasteiger partial charge < -0.3 is 19.3 Å². The van der Waals surface area contributed by atoms with Crippen LogP contribution >= 0.6 is 11.3 Å². The Labute approximate surface area is 315 Å². The SMILES string of the molecule is CCCCCCCCCCCCCCN(C)C(=O)OC(C)n1c(=O)ccc2ccc(OCCCCN3CCN(c4cccc5sccc45)CC3)cc21. The second-order valence-electron chi connectivity index (χ2n) is 14.5. The highest BCUT2D eigenvalue weighted by molar-refractivity contribution is 7.17. The molecule has 0 radical (unpaired) electrons. The number of nitrogens with zero attached hydrogens (tertiary/aromatic N) is 4. The molecule has 1 atom stereocenters. The fourth-order valence-electron chi connectivity index (χ4n) is 7.36. The van der Waals surface area contributed by atoms with Gasteiger partial charge in [-0.3, -0.25) is 14.3 Å². The summed E-state index contributed by atoms with van der Waals surface area (Å²) in [5, 5.41) is 4.45. The number of hydrogen-bond acceptors (Lipinski definition) is 7. The van der Waals surface area contributed by atoms with Gasteiger partial charge in [0, 0.05) is 67.7 Å². The number of piperazine rings is 1. The van der Waals surface area contributed by atoms with E-state index in [9.17, 15) is 9.59 Å². The first-order valence-electron chi connectivity index (χ1n) is 20.1. The van der Waals surface area contributed by atoms with Crippen LogP contribution in [0, 0.1) is 0 Å². The molecular formula is C43H62N4O4S. The molecular weight excluding hydrogens is 669 g/mol. The van der Waals surface area contributed by atoms with Crippen molar-refractivity contribution >= 4 is 44.1 Å². The molecule has 0 bridgehead atoms. The van der Waals surface area contributed by atoms with Crippen LogP contribution in [0.5, 0.6) is 5.75 Å². The predicted octanol–water partition coefficient (Wildman–Crippen LogP) is 10.5. The van der Waals surface area contributed by atoms with Gasteiger partial charge in [-0.1, -0.05) is 83.6 Å². The highest BCUT2D eigenvalue weighted by atomic mass is 32.1. The Morgan fingerprint density at radius 1 is 0.827 bits per heavy atom. The van der Waals surface area contributed by atoms with Crippen LogP contribution in [0.1, 0.15) is 110 Å². The van der Waals surface area contributed by atoms with Crippen molar-refractivity contribution in [2.24, 2.45) is 0 Å². The van der Waals surface area contributed by atoms with Crippen LogP contribution in [0.25, 0.3) is 21.0 Å². The monoisotopic (exact) mass is 730 g/mol. The number of rotatable bonds is 22. The Kier molecular flexibility index (Phi) is 16.2. The largest absolute Gasteiger partial charge is 0.494 e. The molecule has 4 aromatic rings. The third-order valence-corrected chi connectivity index (χ3v) is 11.4. The maximum Gasteiger partial charge on any atom is 0.411 e. The summed E-state index contributed by atoms with van der Waals surface area (Å²) < 4.78 is 14.9. The van der Waals surface area contributed by atoms with Gasteiger partial charge in [0.25, 0.3) is 5.56 Å². The van der Waals surface area contributed by atoms with E-state index in [0.717, 1.165) is 63.8 Å². The topological polar surface area (TPSA) is 67.2 Å². The van der Waals surface area contributed by atoms with Crippen molar-refractivity contribution in [1.29, 1.82) is 0 Å². The van der Waals surface area contributed by atoms with Crippen molar-refractivity contribution in [3.05, 3.63) is 70.3 Å². The number of hydrogen-bond donors (Lipinski definition) is 0. The van der Waals surface area contributed by atoms with Crippen molar-refractivity contribution in [2.45, 2.75) is 110 Å². The lowest BCUT2D eigenvalue weighted by Gasteiger charge is -2.36. The summed E-state index contributed by atoms with van der Waals surface area (Å²) in [7, 11) is 1.78. The highest BCUT2D eigenvalue weighted by Gasteiger charge is 2.20. The summed E-state index contributed by atoms with van der Waals surface area (Å²) in [5.74, 6) is 0.714. The number of unbranched alkanes of at least 4 members (excludes halogenated alkanes) is 12. The van der Waals surface area contributed by atoms with Crippen LogP contribution in [-0.4, -0.2) is 73.4 Å². The van der Waals surface area contributed by atoms with Crippen LogP contribution in [0.15, 0.2) is 64.8 Å². The molecule has 5 rings (SSSR count). The maximum absolute atomic E-state index is 13.0. The van der Waals surface area contributed by atoms with Gasteiger partial charge in [-0.2, -0.15) is 0 Å². The molecule has 1 aliphatic heterocycles. The highest BCUT2D eigenvalue weighted by Crippen LogP contribution is 2.31. The number of carbonyl (C=O) groups excluding carboxylic acids is 1. The first-order chi connectivity index (χ1) is 25.4. The van der Waals surface area contributed by atoms with Crippen molar-refractivity contribution in [2.75, 3.05) is 57.8 Å². The minimum atomic E-state index is -0.748. The number of benzene rings is 2. The zero-order valence-electron chi connectivity index (χ0n) is 32.0. The van der Waals surface area contributed by atoms with E-state index in [1.807, 2.05) is 35.6 Å². The molecule has 52 heavy (non-hydrogen) atoms. The lowest BCUT2D eigenvalue weighted by atomic mass is 10.1. The quantitative estimate of drug-likeness (QED) is 0.0750. The fraction of sp³-hybridized carbons (Fsp3) is 0.581. The average Bonchev–Trinajstić information content (AvgIpc) is 3.64. The van der Waals surface area contributed by atoms with Gasteiger partial charge in [0.2, 0.25) is 0 Å². The molecule has 1 aliphatic rings. The molecule has 1 saturated heterocycles. The third kappa shape index (κ3) is 11.7. The summed E-state index contributed by atoms with van der Waals surface area (Å²) in [6.07, 6.45) is 16.2. The van der Waals surface area contributed by atoms with Gasteiger partial charge >= 0.3 is 6.09 Å². The van der Waals surface area contributed by atoms with Crippen LogP contribution in [0.3, 0.4) is 0 Å². The first kappa shape index (κ1) is 39.6. The zero-order valence-corrected chi connectivity index (χ0v) is 32.8. The Bertz CT molecular complexity index is 1710. The standard InChI is InChI=1S/C43H62N4O4S/c1-4-5-6-7-8-9-10-11-12-13-14-15-26-44(3)43(49)51-35(2)47-40-34-37(23-21-36(40)22-24-42(47)48)50-32-17-16-27-45-28-30-46(31-29-45)39-19-18-20-41-38(39)25-33-52-41/h18-25,33-35H,4-17,26-32H2,1-3H3. The Morgan fingerprint density at radius 3 is 2.25 bits per heavy atom. The van der Waals surface area contributed by atoms with E-state index >= 15 is 0 Å². The molecule has 0 spiro atoms. The molecule has 3 heterocycles. The summed E-state index contributed by atoms with van der Waals surface area (Å²) in [6, 6.07) is 18.0. The number of amides is 1. The van der Waals surface area contributed by atoms with E-state index in [1.54, 1.807) is 23.4 Å². The molecule has 284 valence electrons. The second kappa shape index (κ2) is 21.2. The van der Waals surface area contributed by atoms with Crippen molar-refractivity contribution < 1.29 is 14.3 Å². The number of carbonyl (C=O) groups is 1. The van der Waals surface area contributed by atoms with Crippen LogP contribution in [0.2, 0.25) is 0 Å². The third-order valence-electron chi connectivity index (χ3n) is 10.5. The molecule has 0 N–H and O–H groups in total. The number of ether oxygens (including phenoxy) is 2. The van der Waals surface area contributed by atoms with Crippen molar-refractivity contribution in [1.82, 2.24) is 14.4 Å². The van der Waals surface area contributed by atoms with E-state index in [0.29, 0.717) is 24.4 Å². The van der Waals surface area contributed by atoms with Crippen LogP contribution in [-0.2, 0) is 4.74 Å². The van der Waals surface area contributed by atoms with Gasteiger partial charge in [-0.15, -0.1) is 11.3 Å². The predicted molar refractivity (Wildman–Crippen MR) is 218 cm³/mol. The van der Waals surface area contributed by atoms with E-state index in [1.165, 1.54) is 86.0 Å². The minimum absolute atomic E-state index is 0.208. The number of fused-ring (bicyclic) bond motifs is 2. The number of thiophene rings is 1. The first-order valence-corrected chi connectivity index (χ1v) is 21.0. The normalized spacial score (nSPS) is 14.2. The Morgan fingerprint density at radius 2 is 1.52 bits per heavy atom. The van der Waals surface area contributed by atoms with E-state index < -0.39 is 12.3 Å². The number of anilines is 1. The molecule has 0 aliphatic carbocycles. The molecule has 9 heteroatoms. The zero-order chi connectivity index (χ0) is 36.5. The van der Waals surface area contributed by atoms with E-state index in [4.69, 9.17) is 9.47 Å². The average molecular weight is 731 g/mol. The van der Waals surface area contributed by atoms with Crippen molar-refractivity contribution in [3.8, 4) is 5.75 Å². The molecule has 2 aromatic heterocycles. The second-order valence-corrected chi connectivity index (χ2v) is 15.5. The summed E-state index contributed by atoms with van der Waals surface area (Å²) >= 11 is 1.81. The Hall–Kier alpha value is -3.56. The number of pyridine rings is 1. The molecule has 1 unspecified atom stereocenters. The maximum atomic E-state index is 13.0. The minimum Gasteiger partial charge on any atom is -0.494 e. The van der Waals surface area contributed by atoms with Gasteiger partial charge in [-0.05, 0) is 79.9 Å². The fourth-order valence-corrected chi connectivity index (χ4v) is 8.17. The molecule has 1 amide bonds. The van der Waals surface area contributed by atoms with Crippen LogP contribution in [0.4, 0.5) is 10.5 Å². The number of aromatic nitrogens is 1. The summed E-state index contributed by atoms with van der Waals surface area (Å²) in [4.78, 5) is 32.7. The van der Waals surface area contributed by atoms with Gasteiger partial charge in [0.1, 0.15) is 5.75 Å².